The minimum Gasteiger partial charge on any atom is -0.368 e. The Hall–Kier alpha value is -3.32. The number of rotatable bonds is 5. The maximum atomic E-state index is 12.9. The number of morpholine rings is 1. The topological polar surface area (TPSA) is 84.4 Å². The number of pyridine rings is 2. The highest BCUT2D eigenvalue weighted by Crippen LogP contribution is 2.26. The lowest BCUT2D eigenvalue weighted by atomic mass is 10.0. The number of carbonyl (C=O) groups excluding carboxylic acids is 2. The first-order valence-electron chi connectivity index (χ1n) is 10.5. The molecule has 7 nitrogen and oxygen atoms in total. The standard InChI is InChI=1S/C24H26N4O3/c1-16(2)13-26-23(29)19-12-21(27-20-8-4-3-7-18(19)20)22-15-28(10-11-31-22)24(30)17-6-5-9-25-14-17/h3-9,12,14,16,22H,10-11,13,15H2,1-2H3,(H,26,29)/t22-/m0/s1. The van der Waals surface area contributed by atoms with Gasteiger partial charge in [0.15, 0.2) is 0 Å². The number of carbonyl (C=O) groups is 2. The molecule has 0 unspecified atom stereocenters. The first kappa shape index (κ1) is 20.9. The molecule has 2 amide bonds. The van der Waals surface area contributed by atoms with E-state index < -0.39 is 6.10 Å². The molecule has 3 aromatic rings. The third-order valence-electron chi connectivity index (χ3n) is 5.24. The Labute approximate surface area is 181 Å². The number of amides is 2. The minimum absolute atomic E-state index is 0.0860. The van der Waals surface area contributed by atoms with Crippen molar-refractivity contribution in [3.63, 3.8) is 0 Å². The molecule has 7 heteroatoms. The molecule has 1 N–H and O–H groups in total. The van der Waals surface area contributed by atoms with Gasteiger partial charge < -0.3 is 15.0 Å². The number of fused-ring (bicyclic) bond motifs is 1. The second kappa shape index (κ2) is 9.22. The van der Waals surface area contributed by atoms with E-state index in [1.807, 2.05) is 24.3 Å². The highest BCUT2D eigenvalue weighted by molar-refractivity contribution is 6.06. The van der Waals surface area contributed by atoms with Gasteiger partial charge in [-0.15, -0.1) is 0 Å². The van der Waals surface area contributed by atoms with Gasteiger partial charge in [0.05, 0.1) is 35.5 Å². The summed E-state index contributed by atoms with van der Waals surface area (Å²) in [4.78, 5) is 36.3. The van der Waals surface area contributed by atoms with E-state index in [0.29, 0.717) is 49.0 Å². The lowest BCUT2D eigenvalue weighted by Gasteiger charge is -2.33. The second-order valence-electron chi connectivity index (χ2n) is 8.07. The molecule has 0 spiro atoms. The molecular weight excluding hydrogens is 392 g/mol. The van der Waals surface area contributed by atoms with Gasteiger partial charge in [0.2, 0.25) is 0 Å². The zero-order valence-electron chi connectivity index (χ0n) is 17.7. The highest BCUT2D eigenvalue weighted by atomic mass is 16.5. The normalized spacial score (nSPS) is 16.5. The summed E-state index contributed by atoms with van der Waals surface area (Å²) in [5.74, 6) is 0.134. The van der Waals surface area contributed by atoms with Crippen LogP contribution in [0.1, 0.15) is 46.4 Å². The summed E-state index contributed by atoms with van der Waals surface area (Å²) >= 11 is 0. The second-order valence-corrected chi connectivity index (χ2v) is 8.07. The van der Waals surface area contributed by atoms with Gasteiger partial charge in [-0.25, -0.2) is 4.98 Å². The van der Waals surface area contributed by atoms with Crippen molar-refractivity contribution in [2.24, 2.45) is 5.92 Å². The van der Waals surface area contributed by atoms with Crippen LogP contribution in [-0.2, 0) is 4.74 Å². The van der Waals surface area contributed by atoms with Gasteiger partial charge in [0.1, 0.15) is 6.10 Å². The van der Waals surface area contributed by atoms with Crippen LogP contribution in [0.25, 0.3) is 10.9 Å². The van der Waals surface area contributed by atoms with Crippen molar-refractivity contribution in [2.45, 2.75) is 20.0 Å². The van der Waals surface area contributed by atoms with Crippen molar-refractivity contribution < 1.29 is 14.3 Å². The average Bonchev–Trinajstić information content (AvgIpc) is 2.82. The van der Waals surface area contributed by atoms with E-state index in [-0.39, 0.29) is 11.8 Å². The Bertz CT molecular complexity index is 1080. The third kappa shape index (κ3) is 4.72. The Kier molecular flexibility index (Phi) is 6.23. The van der Waals surface area contributed by atoms with E-state index in [0.717, 1.165) is 10.9 Å². The molecule has 0 saturated carbocycles. The fraction of sp³-hybridized carbons (Fsp3) is 0.333. The van der Waals surface area contributed by atoms with E-state index in [9.17, 15) is 9.59 Å². The van der Waals surface area contributed by atoms with Crippen LogP contribution in [0.15, 0.2) is 54.9 Å². The van der Waals surface area contributed by atoms with Crippen molar-refractivity contribution in [1.29, 1.82) is 0 Å². The number of hydrogen-bond acceptors (Lipinski definition) is 5. The van der Waals surface area contributed by atoms with Crippen LogP contribution in [-0.4, -0.2) is 52.9 Å². The first-order chi connectivity index (χ1) is 15.0. The molecular formula is C24H26N4O3. The number of ether oxygens (including phenoxy) is 1. The molecule has 3 heterocycles. The molecule has 1 aliphatic heterocycles. The fourth-order valence-corrected chi connectivity index (χ4v) is 3.63. The summed E-state index contributed by atoms with van der Waals surface area (Å²) in [6, 6.07) is 12.9. The zero-order valence-corrected chi connectivity index (χ0v) is 17.7. The number of para-hydroxylation sites is 1. The Morgan fingerprint density at radius 3 is 2.84 bits per heavy atom. The van der Waals surface area contributed by atoms with Crippen LogP contribution in [0.2, 0.25) is 0 Å². The van der Waals surface area contributed by atoms with Gasteiger partial charge in [-0.3, -0.25) is 14.6 Å². The number of benzene rings is 1. The molecule has 1 aliphatic rings. The molecule has 2 aromatic heterocycles. The van der Waals surface area contributed by atoms with Gasteiger partial charge in [0.25, 0.3) is 11.8 Å². The number of aromatic nitrogens is 2. The van der Waals surface area contributed by atoms with Gasteiger partial charge in [-0.05, 0) is 30.2 Å². The SMILES string of the molecule is CC(C)CNC(=O)c1cc([C@@H]2CN(C(=O)c3cccnc3)CCO2)nc2ccccc12. The molecule has 31 heavy (non-hydrogen) atoms. The van der Waals surface area contributed by atoms with Gasteiger partial charge >= 0.3 is 0 Å². The maximum absolute atomic E-state index is 12.9. The van der Waals surface area contributed by atoms with E-state index >= 15 is 0 Å². The molecule has 0 aliphatic carbocycles. The molecule has 1 saturated heterocycles. The number of nitrogens with one attached hydrogen (secondary N) is 1. The molecule has 4 rings (SSSR count). The van der Waals surface area contributed by atoms with Crippen molar-refractivity contribution in [2.75, 3.05) is 26.2 Å². The van der Waals surface area contributed by atoms with E-state index in [1.165, 1.54) is 0 Å². The monoisotopic (exact) mass is 418 g/mol. The molecule has 0 radical (unpaired) electrons. The number of hydrogen-bond donors (Lipinski definition) is 1. The predicted octanol–water partition coefficient (Wildman–Crippen LogP) is 3.23. The number of nitrogens with zero attached hydrogens (tertiary/aromatic N) is 3. The Balaban J connectivity index is 1.62. The van der Waals surface area contributed by atoms with Crippen LogP contribution in [0.5, 0.6) is 0 Å². The maximum Gasteiger partial charge on any atom is 0.255 e. The Morgan fingerprint density at radius 2 is 2.06 bits per heavy atom. The van der Waals surface area contributed by atoms with E-state index in [4.69, 9.17) is 9.72 Å². The zero-order chi connectivity index (χ0) is 21.8. The first-order valence-corrected chi connectivity index (χ1v) is 10.5. The predicted molar refractivity (Wildman–Crippen MR) is 118 cm³/mol. The van der Waals surface area contributed by atoms with Gasteiger partial charge in [0, 0.05) is 30.9 Å². The summed E-state index contributed by atoms with van der Waals surface area (Å²) in [5.41, 5.74) is 2.50. The summed E-state index contributed by atoms with van der Waals surface area (Å²) in [5, 5.41) is 3.79. The summed E-state index contributed by atoms with van der Waals surface area (Å²) < 4.78 is 5.96. The quantitative estimate of drug-likeness (QED) is 0.688. The Morgan fingerprint density at radius 1 is 1.23 bits per heavy atom. The van der Waals surface area contributed by atoms with Crippen LogP contribution < -0.4 is 5.32 Å². The summed E-state index contributed by atoms with van der Waals surface area (Å²) in [6.07, 6.45) is 2.80. The summed E-state index contributed by atoms with van der Waals surface area (Å²) in [7, 11) is 0. The molecule has 1 aromatic carbocycles. The molecule has 160 valence electrons. The van der Waals surface area contributed by atoms with Crippen molar-refractivity contribution >= 4 is 22.7 Å². The average molecular weight is 418 g/mol. The molecule has 0 bridgehead atoms. The van der Waals surface area contributed by atoms with E-state index in [1.54, 1.807) is 35.5 Å². The molecule has 1 atom stereocenters. The van der Waals surface area contributed by atoms with Crippen LogP contribution in [0.4, 0.5) is 0 Å². The van der Waals surface area contributed by atoms with Crippen molar-refractivity contribution in [3.05, 3.63) is 71.7 Å². The lowest BCUT2D eigenvalue weighted by Crippen LogP contribution is -2.42. The van der Waals surface area contributed by atoms with Gasteiger partial charge in [-0.1, -0.05) is 32.0 Å². The van der Waals surface area contributed by atoms with Crippen LogP contribution in [0, 0.1) is 5.92 Å². The highest BCUT2D eigenvalue weighted by Gasteiger charge is 2.28. The smallest absolute Gasteiger partial charge is 0.255 e. The molecule has 1 fully saturated rings. The minimum atomic E-state index is -0.407. The summed E-state index contributed by atoms with van der Waals surface area (Å²) in [6.45, 7) is 5.98. The van der Waals surface area contributed by atoms with Crippen LogP contribution >= 0.6 is 0 Å². The third-order valence-corrected chi connectivity index (χ3v) is 5.24. The fourth-order valence-electron chi connectivity index (χ4n) is 3.63. The van der Waals surface area contributed by atoms with Gasteiger partial charge in [-0.2, -0.15) is 0 Å². The lowest BCUT2D eigenvalue weighted by molar-refractivity contribution is -0.0246. The van der Waals surface area contributed by atoms with Crippen molar-refractivity contribution in [1.82, 2.24) is 20.2 Å². The van der Waals surface area contributed by atoms with Crippen LogP contribution in [0.3, 0.4) is 0 Å². The largest absolute Gasteiger partial charge is 0.368 e. The van der Waals surface area contributed by atoms with E-state index in [2.05, 4.69) is 24.1 Å². The van der Waals surface area contributed by atoms with Crippen molar-refractivity contribution in [3.8, 4) is 0 Å².